The molecule has 3 N–H and O–H groups in total. The molecular weight excluding hydrogens is 234 g/mol. The normalized spacial score (nSPS) is 11.2. The van der Waals surface area contributed by atoms with Crippen LogP contribution in [0.4, 0.5) is 23.2 Å². The van der Waals surface area contributed by atoms with E-state index in [9.17, 15) is 22.4 Å². The Morgan fingerprint density at radius 1 is 1.38 bits per heavy atom. The summed E-state index contributed by atoms with van der Waals surface area (Å²) >= 11 is 0. The van der Waals surface area contributed by atoms with Gasteiger partial charge in [0.05, 0.1) is 0 Å². The molecule has 0 aliphatic carbocycles. The number of benzene rings is 1. The van der Waals surface area contributed by atoms with Gasteiger partial charge >= 0.3 is 12.3 Å². The first-order valence-corrected chi connectivity index (χ1v) is 3.79. The monoisotopic (exact) mass is 239 g/mol. The van der Waals surface area contributed by atoms with Gasteiger partial charge in [-0.2, -0.15) is 0 Å². The fourth-order valence-corrected chi connectivity index (χ4v) is 0.974. The van der Waals surface area contributed by atoms with Gasteiger partial charge in [-0.1, -0.05) is 0 Å². The molecule has 0 aliphatic heterocycles. The Hall–Kier alpha value is -1.99. The second-order valence-electron chi connectivity index (χ2n) is 2.73. The molecule has 0 fully saturated rings. The Balaban J connectivity index is 3.25. The summed E-state index contributed by atoms with van der Waals surface area (Å²) in [4.78, 5) is 10.5. The van der Waals surface area contributed by atoms with E-state index in [0.717, 1.165) is 0 Å². The van der Waals surface area contributed by atoms with Crippen LogP contribution in [0, 0.1) is 5.82 Å². The van der Waals surface area contributed by atoms with Crippen LogP contribution in [0.2, 0.25) is 0 Å². The van der Waals surface area contributed by atoms with E-state index in [0.29, 0.717) is 12.1 Å². The standard InChI is InChI=1S/C8H5F4NO3/c9-6-4(7(14)15)1-3(13)2-5(6)16-8(10,11)12/h1-2H,13H2,(H,14,15). The van der Waals surface area contributed by atoms with Crippen molar-refractivity contribution < 1.29 is 32.2 Å². The van der Waals surface area contributed by atoms with E-state index in [1.54, 1.807) is 0 Å². The van der Waals surface area contributed by atoms with Crippen LogP contribution in [0.3, 0.4) is 0 Å². The number of anilines is 1. The van der Waals surface area contributed by atoms with Crippen LogP contribution < -0.4 is 10.5 Å². The van der Waals surface area contributed by atoms with Crippen molar-refractivity contribution in [2.24, 2.45) is 0 Å². The summed E-state index contributed by atoms with van der Waals surface area (Å²) in [5.74, 6) is -4.64. The third kappa shape index (κ3) is 2.75. The molecule has 0 aliphatic rings. The molecule has 0 heterocycles. The number of ether oxygens (including phenoxy) is 1. The molecule has 0 spiro atoms. The molecule has 0 bridgehead atoms. The van der Waals surface area contributed by atoms with E-state index >= 15 is 0 Å². The summed E-state index contributed by atoms with van der Waals surface area (Å²) < 4.78 is 51.9. The molecule has 1 aromatic rings. The molecule has 8 heteroatoms. The van der Waals surface area contributed by atoms with Gasteiger partial charge in [0, 0.05) is 11.8 Å². The fraction of sp³-hybridized carbons (Fsp3) is 0.125. The number of carboxylic acid groups (broad SMARTS) is 1. The molecule has 88 valence electrons. The summed E-state index contributed by atoms with van der Waals surface area (Å²) in [5.41, 5.74) is 3.77. The molecule has 0 atom stereocenters. The summed E-state index contributed by atoms with van der Waals surface area (Å²) in [6, 6.07) is 1.25. The number of rotatable bonds is 2. The summed E-state index contributed by atoms with van der Waals surface area (Å²) in [6.07, 6.45) is -5.12. The molecule has 0 unspecified atom stereocenters. The van der Waals surface area contributed by atoms with Crippen molar-refractivity contribution in [2.75, 3.05) is 5.73 Å². The van der Waals surface area contributed by atoms with Crippen molar-refractivity contribution in [3.05, 3.63) is 23.5 Å². The maximum Gasteiger partial charge on any atom is 0.573 e. The predicted octanol–water partition coefficient (Wildman–Crippen LogP) is 2.00. The van der Waals surface area contributed by atoms with Crippen molar-refractivity contribution in [3.8, 4) is 5.75 Å². The highest BCUT2D eigenvalue weighted by atomic mass is 19.4. The number of carbonyl (C=O) groups is 1. The van der Waals surface area contributed by atoms with Crippen LogP contribution in [0.15, 0.2) is 12.1 Å². The molecule has 1 aromatic carbocycles. The minimum absolute atomic E-state index is 0.349. The Morgan fingerprint density at radius 3 is 2.38 bits per heavy atom. The minimum atomic E-state index is -5.12. The second-order valence-corrected chi connectivity index (χ2v) is 2.73. The molecule has 0 saturated carbocycles. The Kier molecular flexibility index (Phi) is 2.92. The van der Waals surface area contributed by atoms with Crippen molar-refractivity contribution >= 4 is 11.7 Å². The number of halogens is 4. The molecule has 4 nitrogen and oxygen atoms in total. The van der Waals surface area contributed by atoms with Crippen LogP contribution >= 0.6 is 0 Å². The van der Waals surface area contributed by atoms with Crippen LogP contribution in [0.1, 0.15) is 10.4 Å². The predicted molar refractivity (Wildman–Crippen MR) is 44.5 cm³/mol. The number of alkyl halides is 3. The highest BCUT2D eigenvalue weighted by Gasteiger charge is 2.33. The lowest BCUT2D eigenvalue weighted by Gasteiger charge is -2.11. The van der Waals surface area contributed by atoms with Crippen molar-refractivity contribution in [1.29, 1.82) is 0 Å². The van der Waals surface area contributed by atoms with E-state index in [4.69, 9.17) is 10.8 Å². The topological polar surface area (TPSA) is 72.5 Å². The van der Waals surface area contributed by atoms with E-state index in [2.05, 4.69) is 4.74 Å². The van der Waals surface area contributed by atoms with E-state index < -0.39 is 29.5 Å². The molecule has 0 aromatic heterocycles. The number of nitrogens with two attached hydrogens (primary N) is 1. The zero-order chi connectivity index (χ0) is 12.5. The minimum Gasteiger partial charge on any atom is -0.478 e. The second kappa shape index (κ2) is 3.87. The Labute approximate surface area is 86.2 Å². The van der Waals surface area contributed by atoms with Crippen LogP contribution in [0.25, 0.3) is 0 Å². The van der Waals surface area contributed by atoms with Gasteiger partial charge in [0.2, 0.25) is 0 Å². The maximum absolute atomic E-state index is 13.2. The van der Waals surface area contributed by atoms with Gasteiger partial charge in [0.25, 0.3) is 0 Å². The molecular formula is C8H5F4NO3. The molecule has 0 amide bonds. The average Bonchev–Trinajstić information content (AvgIpc) is 2.07. The van der Waals surface area contributed by atoms with Gasteiger partial charge in [-0.25, -0.2) is 9.18 Å². The van der Waals surface area contributed by atoms with Crippen molar-refractivity contribution in [3.63, 3.8) is 0 Å². The summed E-state index contributed by atoms with van der Waals surface area (Å²) in [7, 11) is 0. The smallest absolute Gasteiger partial charge is 0.478 e. The lowest BCUT2D eigenvalue weighted by molar-refractivity contribution is -0.275. The first-order chi connectivity index (χ1) is 7.20. The molecule has 1 rings (SSSR count). The number of hydrogen-bond acceptors (Lipinski definition) is 3. The maximum atomic E-state index is 13.2. The summed E-state index contributed by atoms with van der Waals surface area (Å²) in [5, 5.41) is 8.48. The SMILES string of the molecule is Nc1cc(OC(F)(F)F)c(F)c(C(=O)O)c1. The third-order valence-corrected chi connectivity index (χ3v) is 1.52. The fourth-order valence-electron chi connectivity index (χ4n) is 0.974. The first kappa shape index (κ1) is 12.1. The number of aromatic carboxylic acids is 1. The lowest BCUT2D eigenvalue weighted by Crippen LogP contribution is -2.19. The molecule has 0 saturated heterocycles. The van der Waals surface area contributed by atoms with Gasteiger partial charge < -0.3 is 15.6 Å². The van der Waals surface area contributed by atoms with Gasteiger partial charge in [0.15, 0.2) is 11.6 Å². The third-order valence-electron chi connectivity index (χ3n) is 1.52. The lowest BCUT2D eigenvalue weighted by atomic mass is 10.2. The zero-order valence-electron chi connectivity index (χ0n) is 7.51. The van der Waals surface area contributed by atoms with Gasteiger partial charge in [0.1, 0.15) is 5.56 Å². The van der Waals surface area contributed by atoms with Gasteiger partial charge in [-0.3, -0.25) is 0 Å². The van der Waals surface area contributed by atoms with Gasteiger partial charge in [-0.05, 0) is 6.07 Å². The van der Waals surface area contributed by atoms with E-state index in [1.165, 1.54) is 0 Å². The van der Waals surface area contributed by atoms with Crippen molar-refractivity contribution in [1.82, 2.24) is 0 Å². The number of carboxylic acids is 1. The average molecular weight is 239 g/mol. The first-order valence-electron chi connectivity index (χ1n) is 3.79. The summed E-state index contributed by atoms with van der Waals surface area (Å²) in [6.45, 7) is 0. The van der Waals surface area contributed by atoms with Crippen LogP contribution in [0.5, 0.6) is 5.75 Å². The zero-order valence-corrected chi connectivity index (χ0v) is 7.51. The largest absolute Gasteiger partial charge is 0.573 e. The molecule has 16 heavy (non-hydrogen) atoms. The van der Waals surface area contributed by atoms with Crippen LogP contribution in [-0.4, -0.2) is 17.4 Å². The highest BCUT2D eigenvalue weighted by Crippen LogP contribution is 2.29. The molecule has 0 radical (unpaired) electrons. The number of hydrogen-bond donors (Lipinski definition) is 2. The van der Waals surface area contributed by atoms with Crippen LogP contribution in [-0.2, 0) is 0 Å². The quantitative estimate of drug-likeness (QED) is 0.611. The van der Waals surface area contributed by atoms with Gasteiger partial charge in [-0.15, -0.1) is 13.2 Å². The Morgan fingerprint density at radius 2 is 1.94 bits per heavy atom. The van der Waals surface area contributed by atoms with Crippen molar-refractivity contribution in [2.45, 2.75) is 6.36 Å². The number of nitrogen functional groups attached to an aromatic ring is 1. The highest BCUT2D eigenvalue weighted by molar-refractivity contribution is 5.89. The Bertz CT molecular complexity index is 430. The van der Waals surface area contributed by atoms with E-state index in [1.807, 2.05) is 0 Å². The van der Waals surface area contributed by atoms with E-state index in [-0.39, 0.29) is 5.69 Å².